The predicted octanol–water partition coefficient (Wildman–Crippen LogP) is 2.32. The molecule has 0 bridgehead atoms. The fourth-order valence-electron chi connectivity index (χ4n) is 2.33. The molecule has 1 fully saturated rings. The molecule has 0 aliphatic heterocycles. The molecule has 4 nitrogen and oxygen atoms in total. The van der Waals surface area contributed by atoms with Crippen molar-refractivity contribution in [2.45, 2.75) is 38.7 Å². The van der Waals surface area contributed by atoms with Crippen LogP contribution >= 0.6 is 0 Å². The van der Waals surface area contributed by atoms with E-state index in [2.05, 4.69) is 5.32 Å². The molecule has 4 heteroatoms. The first-order valence-electron chi connectivity index (χ1n) is 7.49. The highest BCUT2D eigenvalue weighted by molar-refractivity contribution is 5.83. The zero-order chi connectivity index (χ0) is 15.6. The number of hydrogen-bond acceptors (Lipinski definition) is 3. The van der Waals surface area contributed by atoms with Crippen LogP contribution in [0.3, 0.4) is 0 Å². The normalized spacial score (nSPS) is 23.5. The summed E-state index contributed by atoms with van der Waals surface area (Å²) in [5.41, 5.74) is 0.279. The van der Waals surface area contributed by atoms with Crippen molar-refractivity contribution in [3.8, 4) is 5.75 Å². The van der Waals surface area contributed by atoms with Crippen LogP contribution in [0.2, 0.25) is 0 Å². The number of aliphatic hydroxyl groups is 1. The lowest BCUT2D eigenvalue weighted by molar-refractivity contribution is -0.124. The lowest BCUT2D eigenvalue weighted by Crippen LogP contribution is -2.44. The molecule has 0 heterocycles. The van der Waals surface area contributed by atoms with Crippen molar-refractivity contribution in [3.63, 3.8) is 0 Å². The van der Waals surface area contributed by atoms with Crippen LogP contribution in [0.1, 0.15) is 38.7 Å². The maximum atomic E-state index is 12.2. The van der Waals surface area contributed by atoms with Gasteiger partial charge >= 0.3 is 0 Å². The number of carbonyl (C=O) groups is 1. The molecule has 3 atom stereocenters. The number of carbonyl (C=O) groups excluding carboxylic acids is 1. The summed E-state index contributed by atoms with van der Waals surface area (Å²) in [5.74, 6) is 1.24. The molecule has 0 aromatic heterocycles. The van der Waals surface area contributed by atoms with Crippen molar-refractivity contribution in [2.75, 3.05) is 13.7 Å². The molecule has 2 N–H and O–H groups in total. The molecular weight excluding hydrogens is 266 g/mol. The summed E-state index contributed by atoms with van der Waals surface area (Å²) in [7, 11) is 1.64. The number of hydrogen-bond donors (Lipinski definition) is 2. The highest BCUT2D eigenvalue weighted by Gasteiger charge is 2.44. The maximum Gasteiger partial charge on any atom is 0.223 e. The number of methoxy groups -OCH3 is 1. The Morgan fingerprint density at radius 3 is 2.86 bits per heavy atom. The van der Waals surface area contributed by atoms with Crippen LogP contribution in [-0.2, 0) is 4.79 Å². The van der Waals surface area contributed by atoms with Gasteiger partial charge in [0.05, 0.1) is 12.7 Å². The molecule has 116 valence electrons. The number of amides is 1. The lowest BCUT2D eigenvalue weighted by atomic mass is 9.92. The summed E-state index contributed by atoms with van der Waals surface area (Å²) in [6.07, 6.45) is 0.864. The van der Waals surface area contributed by atoms with Gasteiger partial charge in [-0.1, -0.05) is 26.0 Å². The second-order valence-corrected chi connectivity index (χ2v) is 6.45. The zero-order valence-electron chi connectivity index (χ0n) is 13.2. The van der Waals surface area contributed by atoms with Gasteiger partial charge in [-0.2, -0.15) is 0 Å². The van der Waals surface area contributed by atoms with Crippen LogP contribution in [0, 0.1) is 11.8 Å². The standard InChI is InChI=1S/C17H25NO3/c1-11(2)17(3,20)10-18-16(19)15-9-14(15)12-6-5-7-13(8-12)21-4/h5-8,11,14-15,20H,9-10H2,1-4H3,(H,18,19). The van der Waals surface area contributed by atoms with Gasteiger partial charge in [-0.25, -0.2) is 0 Å². The van der Waals surface area contributed by atoms with E-state index in [4.69, 9.17) is 4.74 Å². The second kappa shape index (κ2) is 6.06. The van der Waals surface area contributed by atoms with Crippen LogP contribution in [0.4, 0.5) is 0 Å². The number of rotatable bonds is 6. The van der Waals surface area contributed by atoms with Gasteiger partial charge in [0, 0.05) is 12.5 Å². The van der Waals surface area contributed by atoms with Crippen molar-refractivity contribution in [1.82, 2.24) is 5.32 Å². The van der Waals surface area contributed by atoms with E-state index in [0.717, 1.165) is 17.7 Å². The van der Waals surface area contributed by atoms with E-state index in [-0.39, 0.29) is 23.7 Å². The van der Waals surface area contributed by atoms with Gasteiger partial charge in [0.15, 0.2) is 0 Å². The van der Waals surface area contributed by atoms with E-state index < -0.39 is 5.60 Å². The molecular formula is C17H25NO3. The van der Waals surface area contributed by atoms with Crippen molar-refractivity contribution < 1.29 is 14.6 Å². The van der Waals surface area contributed by atoms with Gasteiger partial charge in [-0.05, 0) is 42.9 Å². The van der Waals surface area contributed by atoms with E-state index in [9.17, 15) is 9.90 Å². The number of nitrogens with one attached hydrogen (secondary N) is 1. The smallest absolute Gasteiger partial charge is 0.223 e. The monoisotopic (exact) mass is 291 g/mol. The number of benzene rings is 1. The fraction of sp³-hybridized carbons (Fsp3) is 0.588. The average molecular weight is 291 g/mol. The van der Waals surface area contributed by atoms with Gasteiger partial charge in [0.25, 0.3) is 0 Å². The molecule has 1 aromatic rings. The summed E-state index contributed by atoms with van der Waals surface area (Å²) < 4.78 is 5.21. The fourth-order valence-corrected chi connectivity index (χ4v) is 2.33. The molecule has 3 unspecified atom stereocenters. The summed E-state index contributed by atoms with van der Waals surface area (Å²) in [6, 6.07) is 7.87. The Bertz CT molecular complexity index is 511. The van der Waals surface area contributed by atoms with Gasteiger partial charge in [-0.15, -0.1) is 0 Å². The Morgan fingerprint density at radius 2 is 2.24 bits per heavy atom. The Balaban J connectivity index is 1.89. The van der Waals surface area contributed by atoms with E-state index >= 15 is 0 Å². The van der Waals surface area contributed by atoms with Gasteiger partial charge < -0.3 is 15.2 Å². The first kappa shape index (κ1) is 15.8. The average Bonchev–Trinajstić information content (AvgIpc) is 3.25. The lowest BCUT2D eigenvalue weighted by Gasteiger charge is -2.27. The summed E-state index contributed by atoms with van der Waals surface area (Å²) >= 11 is 0. The molecule has 0 radical (unpaired) electrons. The van der Waals surface area contributed by atoms with E-state index in [1.807, 2.05) is 38.1 Å². The number of ether oxygens (including phenoxy) is 1. The largest absolute Gasteiger partial charge is 0.497 e. The third-order valence-corrected chi connectivity index (χ3v) is 4.51. The zero-order valence-corrected chi connectivity index (χ0v) is 13.2. The molecule has 1 saturated carbocycles. The highest BCUT2D eigenvalue weighted by Crippen LogP contribution is 2.48. The first-order chi connectivity index (χ1) is 9.85. The van der Waals surface area contributed by atoms with Crippen molar-refractivity contribution >= 4 is 5.91 Å². The van der Waals surface area contributed by atoms with Crippen LogP contribution in [0.5, 0.6) is 5.75 Å². The van der Waals surface area contributed by atoms with Crippen LogP contribution in [0.25, 0.3) is 0 Å². The quantitative estimate of drug-likeness (QED) is 0.845. The Morgan fingerprint density at radius 1 is 1.52 bits per heavy atom. The molecule has 21 heavy (non-hydrogen) atoms. The van der Waals surface area contributed by atoms with Crippen molar-refractivity contribution in [3.05, 3.63) is 29.8 Å². The summed E-state index contributed by atoms with van der Waals surface area (Å²) in [4.78, 5) is 12.2. The van der Waals surface area contributed by atoms with Crippen molar-refractivity contribution in [2.24, 2.45) is 11.8 Å². The van der Waals surface area contributed by atoms with Crippen LogP contribution in [-0.4, -0.2) is 30.3 Å². The summed E-state index contributed by atoms with van der Waals surface area (Å²) in [5, 5.41) is 13.0. The minimum atomic E-state index is -0.865. The van der Waals surface area contributed by atoms with E-state index in [0.29, 0.717) is 6.54 Å². The highest BCUT2D eigenvalue weighted by atomic mass is 16.5. The predicted molar refractivity (Wildman–Crippen MR) is 82.3 cm³/mol. The molecule has 2 rings (SSSR count). The van der Waals surface area contributed by atoms with Crippen LogP contribution in [0.15, 0.2) is 24.3 Å². The Labute approximate surface area is 126 Å². The first-order valence-corrected chi connectivity index (χ1v) is 7.49. The maximum absolute atomic E-state index is 12.2. The Kier molecular flexibility index (Phi) is 4.57. The van der Waals surface area contributed by atoms with E-state index in [1.54, 1.807) is 14.0 Å². The molecule has 1 amide bonds. The Hall–Kier alpha value is -1.55. The van der Waals surface area contributed by atoms with Gasteiger partial charge in [0.1, 0.15) is 5.75 Å². The molecule has 1 aliphatic rings. The third-order valence-electron chi connectivity index (χ3n) is 4.51. The van der Waals surface area contributed by atoms with Crippen LogP contribution < -0.4 is 10.1 Å². The van der Waals surface area contributed by atoms with Gasteiger partial charge in [-0.3, -0.25) is 4.79 Å². The third kappa shape index (κ3) is 3.76. The minimum Gasteiger partial charge on any atom is -0.497 e. The van der Waals surface area contributed by atoms with Crippen molar-refractivity contribution in [1.29, 1.82) is 0 Å². The summed E-state index contributed by atoms with van der Waals surface area (Å²) in [6.45, 7) is 5.94. The molecule has 0 spiro atoms. The topological polar surface area (TPSA) is 58.6 Å². The van der Waals surface area contributed by atoms with Gasteiger partial charge in [0.2, 0.25) is 5.91 Å². The molecule has 0 saturated heterocycles. The SMILES string of the molecule is COc1cccc(C2CC2C(=O)NCC(C)(O)C(C)C)c1. The molecule has 1 aliphatic carbocycles. The molecule has 1 aromatic carbocycles. The van der Waals surface area contributed by atoms with E-state index in [1.165, 1.54) is 0 Å². The second-order valence-electron chi connectivity index (χ2n) is 6.45. The minimum absolute atomic E-state index is 0.0140.